The summed E-state index contributed by atoms with van der Waals surface area (Å²) in [6.07, 6.45) is 3.52. The van der Waals surface area contributed by atoms with Gasteiger partial charge in [-0.1, -0.05) is 20.8 Å². The summed E-state index contributed by atoms with van der Waals surface area (Å²) in [5, 5.41) is 0. The lowest BCUT2D eigenvalue weighted by molar-refractivity contribution is -0.133. The fourth-order valence-corrected chi connectivity index (χ4v) is 5.85. The second kappa shape index (κ2) is 6.77. The van der Waals surface area contributed by atoms with Crippen LogP contribution in [-0.2, 0) is 4.79 Å². The van der Waals surface area contributed by atoms with E-state index in [4.69, 9.17) is 0 Å². The average Bonchev–Trinajstić information content (AvgIpc) is 2.85. The fourth-order valence-electron chi connectivity index (χ4n) is 5.85. The number of likely N-dealkylation sites (tertiary alicyclic amines) is 1. The summed E-state index contributed by atoms with van der Waals surface area (Å²) in [6, 6.07) is 7.12. The lowest BCUT2D eigenvalue weighted by Crippen LogP contribution is -2.51. The molecule has 2 atom stereocenters. The molecular formula is C22H32FN3O. The molecule has 3 aliphatic rings. The van der Waals surface area contributed by atoms with Gasteiger partial charge in [0.05, 0.1) is 6.54 Å². The van der Waals surface area contributed by atoms with Crippen molar-refractivity contribution in [3.05, 3.63) is 30.1 Å². The molecule has 0 radical (unpaired) electrons. The van der Waals surface area contributed by atoms with E-state index in [-0.39, 0.29) is 5.82 Å². The van der Waals surface area contributed by atoms with E-state index >= 15 is 0 Å². The number of nitrogens with zero attached hydrogens (tertiary/aromatic N) is 3. The molecule has 4 nitrogen and oxygen atoms in total. The molecule has 2 heterocycles. The van der Waals surface area contributed by atoms with E-state index in [0.717, 1.165) is 44.8 Å². The Morgan fingerprint density at radius 1 is 1.07 bits per heavy atom. The number of carbonyl (C=O) groups excluding carboxylic acids is 1. The van der Waals surface area contributed by atoms with Gasteiger partial charge in [0.2, 0.25) is 5.91 Å². The second-order valence-electron chi connectivity index (χ2n) is 9.97. The molecule has 1 aromatic rings. The van der Waals surface area contributed by atoms with Crippen LogP contribution in [0.4, 0.5) is 10.1 Å². The number of rotatable bonds is 3. The SMILES string of the molecule is CC1(C)C[C@@H]2C[C@](C)(CN2C(=O)CN2CCN(c3ccc(F)cc3)CC2)C1. The van der Waals surface area contributed by atoms with Crippen LogP contribution < -0.4 is 4.90 Å². The standard InChI is InChI=1S/C22H32FN3O/c1-21(2)12-19-13-22(3,15-21)16-26(19)20(27)14-24-8-10-25(11-9-24)18-6-4-17(23)5-7-18/h4-7,19H,8-16H2,1-3H3/t19-,22+/m1/s1. The molecule has 1 amide bonds. The highest BCUT2D eigenvalue weighted by molar-refractivity contribution is 5.79. The molecule has 148 valence electrons. The minimum absolute atomic E-state index is 0.198. The molecule has 1 aliphatic carbocycles. The smallest absolute Gasteiger partial charge is 0.237 e. The Labute approximate surface area is 162 Å². The fraction of sp³-hybridized carbons (Fsp3) is 0.682. The molecule has 4 rings (SSSR count). The maximum atomic E-state index is 13.1. The van der Waals surface area contributed by atoms with Gasteiger partial charge in [-0.05, 0) is 54.4 Å². The van der Waals surface area contributed by atoms with Gasteiger partial charge in [0, 0.05) is 44.5 Å². The molecule has 2 bridgehead atoms. The molecule has 5 heteroatoms. The van der Waals surface area contributed by atoms with Crippen LogP contribution in [0.15, 0.2) is 24.3 Å². The third-order valence-corrected chi connectivity index (χ3v) is 6.66. The van der Waals surface area contributed by atoms with Crippen molar-refractivity contribution in [1.29, 1.82) is 0 Å². The monoisotopic (exact) mass is 373 g/mol. The number of amides is 1. The Kier molecular flexibility index (Phi) is 4.69. The predicted octanol–water partition coefficient (Wildman–Crippen LogP) is 3.37. The highest BCUT2D eigenvalue weighted by Crippen LogP contribution is 2.52. The number of piperazine rings is 1. The number of hydrogen-bond donors (Lipinski definition) is 0. The van der Waals surface area contributed by atoms with Crippen LogP contribution in [0.1, 0.15) is 40.0 Å². The van der Waals surface area contributed by atoms with Gasteiger partial charge in [-0.25, -0.2) is 4.39 Å². The van der Waals surface area contributed by atoms with Gasteiger partial charge < -0.3 is 9.80 Å². The van der Waals surface area contributed by atoms with Crippen molar-refractivity contribution in [3.63, 3.8) is 0 Å². The summed E-state index contributed by atoms with van der Waals surface area (Å²) in [4.78, 5) is 19.8. The molecule has 2 aliphatic heterocycles. The zero-order valence-electron chi connectivity index (χ0n) is 16.9. The Morgan fingerprint density at radius 3 is 2.41 bits per heavy atom. The molecule has 0 unspecified atom stereocenters. The lowest BCUT2D eigenvalue weighted by Gasteiger charge is -2.39. The Morgan fingerprint density at radius 2 is 1.74 bits per heavy atom. The number of fused-ring (bicyclic) bond motifs is 2. The Bertz CT molecular complexity index is 696. The minimum Gasteiger partial charge on any atom is -0.369 e. The van der Waals surface area contributed by atoms with Crippen LogP contribution in [-0.4, -0.2) is 61.0 Å². The van der Waals surface area contributed by atoms with E-state index < -0.39 is 0 Å². The van der Waals surface area contributed by atoms with Crippen molar-refractivity contribution in [1.82, 2.24) is 9.80 Å². The Balaban J connectivity index is 1.32. The highest BCUT2D eigenvalue weighted by Gasteiger charge is 2.50. The number of anilines is 1. The average molecular weight is 374 g/mol. The maximum Gasteiger partial charge on any atom is 0.237 e. The van der Waals surface area contributed by atoms with E-state index in [1.54, 1.807) is 0 Å². The van der Waals surface area contributed by atoms with Crippen LogP contribution in [0.2, 0.25) is 0 Å². The largest absolute Gasteiger partial charge is 0.369 e. The van der Waals surface area contributed by atoms with Gasteiger partial charge in [0.1, 0.15) is 5.82 Å². The summed E-state index contributed by atoms with van der Waals surface area (Å²) in [7, 11) is 0. The van der Waals surface area contributed by atoms with Gasteiger partial charge in [-0.15, -0.1) is 0 Å². The molecule has 1 saturated carbocycles. The van der Waals surface area contributed by atoms with Crippen molar-refractivity contribution in [2.24, 2.45) is 10.8 Å². The van der Waals surface area contributed by atoms with Crippen LogP contribution in [0.25, 0.3) is 0 Å². The van der Waals surface area contributed by atoms with Gasteiger partial charge in [0.15, 0.2) is 0 Å². The number of halogens is 1. The van der Waals surface area contributed by atoms with Gasteiger partial charge in [0.25, 0.3) is 0 Å². The van der Waals surface area contributed by atoms with Crippen molar-refractivity contribution in [2.45, 2.75) is 46.1 Å². The maximum absolute atomic E-state index is 13.1. The minimum atomic E-state index is -0.198. The van der Waals surface area contributed by atoms with Crippen LogP contribution >= 0.6 is 0 Å². The quantitative estimate of drug-likeness (QED) is 0.813. The first-order chi connectivity index (χ1) is 12.7. The predicted molar refractivity (Wildman–Crippen MR) is 106 cm³/mol. The molecule has 2 saturated heterocycles. The number of hydrogen-bond acceptors (Lipinski definition) is 3. The van der Waals surface area contributed by atoms with E-state index in [1.165, 1.54) is 25.0 Å². The van der Waals surface area contributed by atoms with E-state index in [0.29, 0.717) is 29.3 Å². The first-order valence-corrected chi connectivity index (χ1v) is 10.3. The van der Waals surface area contributed by atoms with E-state index in [2.05, 4.69) is 35.5 Å². The zero-order chi connectivity index (χ0) is 19.2. The molecule has 27 heavy (non-hydrogen) atoms. The lowest BCUT2D eigenvalue weighted by atomic mass is 9.65. The van der Waals surface area contributed by atoms with Crippen LogP contribution in [0, 0.1) is 16.6 Å². The van der Waals surface area contributed by atoms with Crippen LogP contribution in [0.3, 0.4) is 0 Å². The molecular weight excluding hydrogens is 341 g/mol. The molecule has 3 fully saturated rings. The summed E-state index contributed by atoms with van der Waals surface area (Å²) < 4.78 is 13.1. The van der Waals surface area contributed by atoms with E-state index in [9.17, 15) is 9.18 Å². The summed E-state index contributed by atoms with van der Waals surface area (Å²) in [5.74, 6) is 0.104. The Hall–Kier alpha value is -1.62. The molecule has 0 N–H and O–H groups in total. The van der Waals surface area contributed by atoms with Gasteiger partial charge in [-0.2, -0.15) is 0 Å². The summed E-state index contributed by atoms with van der Waals surface area (Å²) in [6.45, 7) is 12.0. The molecule has 0 aromatic heterocycles. The third kappa shape index (κ3) is 3.98. The first kappa shape index (κ1) is 18.7. The summed E-state index contributed by atoms with van der Waals surface area (Å²) >= 11 is 0. The molecule has 1 aromatic carbocycles. The molecule has 0 spiro atoms. The zero-order valence-corrected chi connectivity index (χ0v) is 16.9. The first-order valence-electron chi connectivity index (χ1n) is 10.3. The van der Waals surface area contributed by atoms with Gasteiger partial charge in [-0.3, -0.25) is 9.69 Å². The van der Waals surface area contributed by atoms with E-state index in [1.807, 2.05) is 12.1 Å². The van der Waals surface area contributed by atoms with Crippen molar-refractivity contribution in [3.8, 4) is 0 Å². The second-order valence-corrected chi connectivity index (χ2v) is 9.97. The highest BCUT2D eigenvalue weighted by atomic mass is 19.1. The van der Waals surface area contributed by atoms with Crippen molar-refractivity contribution >= 4 is 11.6 Å². The van der Waals surface area contributed by atoms with Crippen LogP contribution in [0.5, 0.6) is 0 Å². The third-order valence-electron chi connectivity index (χ3n) is 6.66. The van der Waals surface area contributed by atoms with Crippen molar-refractivity contribution < 1.29 is 9.18 Å². The normalized spacial score (nSPS) is 30.6. The summed E-state index contributed by atoms with van der Waals surface area (Å²) in [5.41, 5.74) is 1.70. The van der Waals surface area contributed by atoms with Gasteiger partial charge >= 0.3 is 0 Å². The number of carbonyl (C=O) groups is 1. The van der Waals surface area contributed by atoms with Crippen molar-refractivity contribution in [2.75, 3.05) is 44.2 Å². The number of benzene rings is 1. The topological polar surface area (TPSA) is 26.8 Å².